The number of carbonyl (C=O) groups excluding carboxylic acids is 1. The largest absolute Gasteiger partial charge is 0.454 e. The van der Waals surface area contributed by atoms with Gasteiger partial charge >= 0.3 is 0 Å². The normalized spacial score (nSPS) is 12.1. The second-order valence-corrected chi connectivity index (χ2v) is 6.71. The standard InChI is InChI=1S/C22H21N3O4/c1-3-24(18-7-5-4-6-15(18)2)22(27)13-25-21(26)11-9-17(23-25)16-8-10-19-20(12-16)29-14-28-19/h4-12H,3,13-14H2,1-2H3. The monoisotopic (exact) mass is 391 g/mol. The number of carbonyl (C=O) groups is 1. The van der Waals surface area contributed by atoms with Crippen LogP contribution in [0.25, 0.3) is 11.3 Å². The zero-order chi connectivity index (χ0) is 20.4. The van der Waals surface area contributed by atoms with Crippen molar-refractivity contribution in [2.45, 2.75) is 20.4 Å². The van der Waals surface area contributed by atoms with E-state index in [0.717, 1.165) is 16.8 Å². The lowest BCUT2D eigenvalue weighted by atomic mass is 10.1. The smallest absolute Gasteiger partial charge is 0.267 e. The van der Waals surface area contributed by atoms with Gasteiger partial charge < -0.3 is 14.4 Å². The van der Waals surface area contributed by atoms with Crippen molar-refractivity contribution in [2.75, 3.05) is 18.2 Å². The molecule has 0 unspecified atom stereocenters. The summed E-state index contributed by atoms with van der Waals surface area (Å²) >= 11 is 0. The van der Waals surface area contributed by atoms with E-state index in [1.54, 1.807) is 17.0 Å². The molecule has 1 aliphatic rings. The zero-order valence-electron chi connectivity index (χ0n) is 16.3. The second kappa shape index (κ2) is 7.79. The number of amides is 1. The van der Waals surface area contributed by atoms with E-state index < -0.39 is 0 Å². The van der Waals surface area contributed by atoms with Crippen molar-refractivity contribution < 1.29 is 14.3 Å². The Morgan fingerprint density at radius 2 is 1.90 bits per heavy atom. The summed E-state index contributed by atoms with van der Waals surface area (Å²) in [5.74, 6) is 1.11. The predicted octanol–water partition coefficient (Wildman–Crippen LogP) is 3.00. The first-order chi connectivity index (χ1) is 14.1. The first-order valence-electron chi connectivity index (χ1n) is 9.41. The van der Waals surface area contributed by atoms with Gasteiger partial charge in [0.05, 0.1) is 5.69 Å². The van der Waals surface area contributed by atoms with Gasteiger partial charge in [-0.1, -0.05) is 18.2 Å². The van der Waals surface area contributed by atoms with E-state index in [-0.39, 0.29) is 24.8 Å². The molecule has 4 rings (SSSR count). The lowest BCUT2D eigenvalue weighted by molar-refractivity contribution is -0.119. The quantitative estimate of drug-likeness (QED) is 0.669. The molecule has 0 aliphatic carbocycles. The van der Waals surface area contributed by atoms with Gasteiger partial charge in [-0.05, 0) is 49.7 Å². The number of aromatic nitrogens is 2. The van der Waals surface area contributed by atoms with Crippen molar-refractivity contribution in [1.82, 2.24) is 9.78 Å². The molecule has 0 radical (unpaired) electrons. The van der Waals surface area contributed by atoms with E-state index in [1.807, 2.05) is 50.2 Å². The first-order valence-corrected chi connectivity index (χ1v) is 9.41. The Hall–Kier alpha value is -3.61. The topological polar surface area (TPSA) is 73.7 Å². The van der Waals surface area contributed by atoms with Gasteiger partial charge in [0.2, 0.25) is 12.7 Å². The van der Waals surface area contributed by atoms with E-state index >= 15 is 0 Å². The highest BCUT2D eigenvalue weighted by molar-refractivity contribution is 5.93. The highest BCUT2D eigenvalue weighted by atomic mass is 16.7. The third-order valence-corrected chi connectivity index (χ3v) is 4.84. The highest BCUT2D eigenvalue weighted by Gasteiger charge is 2.18. The molecule has 0 saturated heterocycles. The lowest BCUT2D eigenvalue weighted by Crippen LogP contribution is -2.37. The molecule has 2 aromatic carbocycles. The van der Waals surface area contributed by atoms with Crippen LogP contribution in [0, 0.1) is 6.92 Å². The van der Waals surface area contributed by atoms with Crippen molar-refractivity contribution in [3.8, 4) is 22.8 Å². The number of para-hydroxylation sites is 1. The minimum absolute atomic E-state index is 0.139. The molecule has 1 amide bonds. The fraction of sp³-hybridized carbons (Fsp3) is 0.227. The molecular weight excluding hydrogens is 370 g/mol. The van der Waals surface area contributed by atoms with Crippen molar-refractivity contribution in [2.24, 2.45) is 0 Å². The number of rotatable bonds is 5. The Kier molecular flexibility index (Phi) is 5.03. The van der Waals surface area contributed by atoms with E-state index in [1.165, 1.54) is 10.7 Å². The molecule has 0 fully saturated rings. The number of anilines is 1. The number of benzene rings is 2. The van der Waals surface area contributed by atoms with Crippen LogP contribution in [0.5, 0.6) is 11.5 Å². The Labute approximate surface area is 168 Å². The van der Waals surface area contributed by atoms with Gasteiger partial charge in [0.15, 0.2) is 11.5 Å². The molecule has 1 aromatic heterocycles. The number of fused-ring (bicyclic) bond motifs is 1. The number of likely N-dealkylation sites (N-methyl/N-ethyl adjacent to an activating group) is 1. The van der Waals surface area contributed by atoms with E-state index in [0.29, 0.717) is 23.7 Å². The van der Waals surface area contributed by atoms with Crippen LogP contribution in [0.2, 0.25) is 0 Å². The van der Waals surface area contributed by atoms with Gasteiger partial charge in [0.25, 0.3) is 5.56 Å². The van der Waals surface area contributed by atoms with Gasteiger partial charge in [-0.15, -0.1) is 0 Å². The van der Waals surface area contributed by atoms with Crippen LogP contribution in [0.15, 0.2) is 59.4 Å². The van der Waals surface area contributed by atoms with Gasteiger partial charge in [0.1, 0.15) is 6.54 Å². The number of nitrogens with zero attached hydrogens (tertiary/aromatic N) is 3. The molecule has 3 aromatic rings. The molecule has 0 spiro atoms. The van der Waals surface area contributed by atoms with Crippen LogP contribution >= 0.6 is 0 Å². The summed E-state index contributed by atoms with van der Waals surface area (Å²) in [5, 5.41) is 4.40. The van der Waals surface area contributed by atoms with Crippen LogP contribution in [-0.4, -0.2) is 29.0 Å². The van der Waals surface area contributed by atoms with Crippen molar-refractivity contribution in [1.29, 1.82) is 0 Å². The maximum absolute atomic E-state index is 12.9. The Bertz CT molecular complexity index is 1120. The Morgan fingerprint density at radius 1 is 1.10 bits per heavy atom. The summed E-state index contributed by atoms with van der Waals surface area (Å²) in [5.41, 5.74) is 2.86. The third kappa shape index (κ3) is 3.71. The Morgan fingerprint density at radius 3 is 2.69 bits per heavy atom. The summed E-state index contributed by atoms with van der Waals surface area (Å²) in [6.45, 7) is 4.41. The SMILES string of the molecule is CCN(C(=O)Cn1nc(-c2ccc3c(c2)OCO3)ccc1=O)c1ccccc1C. The second-order valence-electron chi connectivity index (χ2n) is 6.71. The van der Waals surface area contributed by atoms with Gasteiger partial charge in [-0.2, -0.15) is 5.10 Å². The summed E-state index contributed by atoms with van der Waals surface area (Å²) in [6, 6.07) is 16.2. The molecule has 0 N–H and O–H groups in total. The fourth-order valence-electron chi connectivity index (χ4n) is 3.33. The van der Waals surface area contributed by atoms with Crippen molar-refractivity contribution in [3.63, 3.8) is 0 Å². The van der Waals surface area contributed by atoms with Gasteiger partial charge in [0, 0.05) is 23.9 Å². The molecule has 7 heteroatoms. The zero-order valence-corrected chi connectivity index (χ0v) is 16.3. The lowest BCUT2D eigenvalue weighted by Gasteiger charge is -2.23. The van der Waals surface area contributed by atoms with Crippen molar-refractivity contribution >= 4 is 11.6 Å². The van der Waals surface area contributed by atoms with Gasteiger partial charge in [-0.25, -0.2) is 4.68 Å². The maximum Gasteiger partial charge on any atom is 0.267 e. The summed E-state index contributed by atoms with van der Waals surface area (Å²) < 4.78 is 11.9. The van der Waals surface area contributed by atoms with E-state index in [9.17, 15) is 9.59 Å². The molecular formula is C22H21N3O4. The minimum Gasteiger partial charge on any atom is -0.454 e. The number of aryl methyl sites for hydroxylation is 1. The van der Waals surface area contributed by atoms with E-state index in [2.05, 4.69) is 5.10 Å². The average Bonchev–Trinajstić information content (AvgIpc) is 3.19. The minimum atomic E-state index is -0.330. The number of ether oxygens (including phenoxy) is 2. The highest BCUT2D eigenvalue weighted by Crippen LogP contribution is 2.35. The molecule has 2 heterocycles. The summed E-state index contributed by atoms with van der Waals surface area (Å²) in [7, 11) is 0. The predicted molar refractivity (Wildman–Crippen MR) is 109 cm³/mol. The maximum atomic E-state index is 12.9. The van der Waals surface area contributed by atoms with Crippen LogP contribution in [0.3, 0.4) is 0 Å². The van der Waals surface area contributed by atoms with Crippen LogP contribution in [0.4, 0.5) is 5.69 Å². The number of hydrogen-bond donors (Lipinski definition) is 0. The first kappa shape index (κ1) is 18.7. The average molecular weight is 391 g/mol. The molecule has 0 saturated carbocycles. The van der Waals surface area contributed by atoms with Crippen LogP contribution in [-0.2, 0) is 11.3 Å². The molecule has 0 atom stereocenters. The number of hydrogen-bond acceptors (Lipinski definition) is 5. The summed E-state index contributed by atoms with van der Waals surface area (Å²) in [4.78, 5) is 26.9. The third-order valence-electron chi connectivity index (χ3n) is 4.84. The molecule has 1 aliphatic heterocycles. The summed E-state index contributed by atoms with van der Waals surface area (Å²) in [6.07, 6.45) is 0. The van der Waals surface area contributed by atoms with E-state index in [4.69, 9.17) is 9.47 Å². The van der Waals surface area contributed by atoms with Crippen LogP contribution in [0.1, 0.15) is 12.5 Å². The fourth-order valence-corrected chi connectivity index (χ4v) is 3.33. The van der Waals surface area contributed by atoms with Crippen molar-refractivity contribution in [3.05, 3.63) is 70.5 Å². The Balaban J connectivity index is 1.62. The molecule has 7 nitrogen and oxygen atoms in total. The van der Waals surface area contributed by atoms with Gasteiger partial charge in [-0.3, -0.25) is 9.59 Å². The molecule has 148 valence electrons. The molecule has 0 bridgehead atoms. The van der Waals surface area contributed by atoms with Crippen LogP contribution < -0.4 is 19.9 Å². The molecule has 29 heavy (non-hydrogen) atoms.